The normalized spacial score (nSPS) is 12.8. The van der Waals surface area contributed by atoms with Crippen molar-refractivity contribution >= 4 is 27.0 Å². The molecule has 4 rings (SSSR count). The van der Waals surface area contributed by atoms with Crippen LogP contribution < -0.4 is 5.14 Å². The Kier molecular flexibility index (Phi) is 6.48. The minimum Gasteiger partial charge on any atom is -0.335 e. The van der Waals surface area contributed by atoms with E-state index in [9.17, 15) is 13.2 Å². The van der Waals surface area contributed by atoms with Gasteiger partial charge in [0.15, 0.2) is 5.65 Å². The number of hydrogen-bond acceptors (Lipinski definition) is 5. The molecule has 2 N–H and O–H groups in total. The summed E-state index contributed by atoms with van der Waals surface area (Å²) in [6.45, 7) is 7.89. The van der Waals surface area contributed by atoms with Crippen molar-refractivity contribution in [3.63, 3.8) is 0 Å². The number of nitrogens with zero attached hydrogens (tertiary/aromatic N) is 4. The van der Waals surface area contributed by atoms with Gasteiger partial charge >= 0.3 is 0 Å². The Bertz CT molecular complexity index is 1510. The highest BCUT2D eigenvalue weighted by atomic mass is 32.2. The molecule has 1 unspecified atom stereocenters. The summed E-state index contributed by atoms with van der Waals surface area (Å²) in [5.74, 6) is -0.220. The molecule has 0 spiro atoms. The predicted molar refractivity (Wildman–Crippen MR) is 136 cm³/mol. The summed E-state index contributed by atoms with van der Waals surface area (Å²) in [5, 5.41) is 10.5. The molecule has 0 saturated carbocycles. The van der Waals surface area contributed by atoms with Gasteiger partial charge in [-0.05, 0) is 51.5 Å². The number of hydrogen-bond donors (Lipinski definition) is 1. The summed E-state index contributed by atoms with van der Waals surface area (Å²) in [6.07, 6.45) is 1.68. The van der Waals surface area contributed by atoms with Crippen LogP contribution in [0.3, 0.4) is 0 Å². The van der Waals surface area contributed by atoms with Crippen LogP contribution in [0.25, 0.3) is 22.3 Å². The zero-order chi connectivity index (χ0) is 25.5. The number of fused-ring (bicyclic) bond motifs is 1. The number of rotatable bonds is 6. The van der Waals surface area contributed by atoms with Gasteiger partial charge in [-0.1, -0.05) is 42.0 Å². The number of carbonyl (C=O) groups excluding carboxylic acids is 1. The maximum Gasteiger partial charge on any atom is 0.254 e. The van der Waals surface area contributed by atoms with Crippen molar-refractivity contribution in [2.75, 3.05) is 7.05 Å². The van der Waals surface area contributed by atoms with Crippen LogP contribution in [-0.4, -0.2) is 41.0 Å². The van der Waals surface area contributed by atoms with Crippen molar-refractivity contribution in [3.05, 3.63) is 77.5 Å². The van der Waals surface area contributed by atoms with Crippen molar-refractivity contribution in [1.82, 2.24) is 19.7 Å². The average molecular weight is 492 g/mol. The Morgan fingerprint density at radius 3 is 2.37 bits per heavy atom. The second-order valence-electron chi connectivity index (χ2n) is 9.05. The molecule has 2 aromatic heterocycles. The van der Waals surface area contributed by atoms with Gasteiger partial charge < -0.3 is 4.90 Å². The van der Waals surface area contributed by atoms with Gasteiger partial charge in [0.1, 0.15) is 0 Å². The first-order chi connectivity index (χ1) is 16.5. The van der Waals surface area contributed by atoms with Crippen molar-refractivity contribution in [2.24, 2.45) is 5.14 Å². The zero-order valence-electron chi connectivity index (χ0n) is 20.4. The number of amides is 1. The van der Waals surface area contributed by atoms with E-state index in [1.165, 1.54) is 12.1 Å². The van der Waals surface area contributed by atoms with Gasteiger partial charge in [0.05, 0.1) is 33.8 Å². The van der Waals surface area contributed by atoms with E-state index < -0.39 is 16.1 Å². The molecule has 0 fully saturated rings. The number of primary sulfonamides is 1. The quantitative estimate of drug-likeness (QED) is 0.428. The molecule has 2 heterocycles. The van der Waals surface area contributed by atoms with Crippen molar-refractivity contribution in [1.29, 1.82) is 0 Å². The molecule has 0 aliphatic heterocycles. The average Bonchev–Trinajstić information content (AvgIpc) is 3.26. The van der Waals surface area contributed by atoms with Crippen LogP contribution in [0.5, 0.6) is 0 Å². The van der Waals surface area contributed by atoms with E-state index in [1.54, 1.807) is 36.3 Å². The Morgan fingerprint density at radius 1 is 1.06 bits per heavy atom. The lowest BCUT2D eigenvalue weighted by Crippen LogP contribution is -2.30. The highest BCUT2D eigenvalue weighted by Crippen LogP contribution is 2.30. The van der Waals surface area contributed by atoms with Crippen molar-refractivity contribution in [3.8, 4) is 11.3 Å². The Hall–Kier alpha value is -3.56. The zero-order valence-corrected chi connectivity index (χ0v) is 21.2. The van der Waals surface area contributed by atoms with Crippen molar-refractivity contribution in [2.45, 2.75) is 44.7 Å². The van der Waals surface area contributed by atoms with Crippen LogP contribution in [0.15, 0.2) is 65.7 Å². The number of aryl methyl sites for hydroxylation is 1. The molecule has 35 heavy (non-hydrogen) atoms. The summed E-state index contributed by atoms with van der Waals surface area (Å²) >= 11 is 0. The van der Waals surface area contributed by atoms with Gasteiger partial charge in [-0.3, -0.25) is 4.79 Å². The number of pyridine rings is 1. The SMILES string of the molecule is Cc1ccc(-c2cc(C(=O)N(C)C(C)c3cccc(S(N)(=O)=O)c3)c3cnn(C(C)C)c3n2)cc1. The van der Waals surface area contributed by atoms with Gasteiger partial charge in [0, 0.05) is 18.7 Å². The molecule has 0 aliphatic carbocycles. The van der Waals surface area contributed by atoms with Gasteiger partial charge in [-0.15, -0.1) is 0 Å². The van der Waals surface area contributed by atoms with Crippen LogP contribution in [-0.2, 0) is 10.0 Å². The summed E-state index contributed by atoms with van der Waals surface area (Å²) in [7, 11) is -2.16. The number of sulfonamides is 1. The molecule has 4 aromatic rings. The van der Waals surface area contributed by atoms with Crippen LogP contribution in [0.1, 0.15) is 54.3 Å². The first-order valence-corrected chi connectivity index (χ1v) is 12.9. The van der Waals surface area contributed by atoms with Crippen LogP contribution in [0, 0.1) is 6.92 Å². The van der Waals surface area contributed by atoms with E-state index in [2.05, 4.69) is 5.10 Å². The van der Waals surface area contributed by atoms with Gasteiger partial charge in [0.2, 0.25) is 10.0 Å². The molecule has 182 valence electrons. The number of aromatic nitrogens is 3. The first kappa shape index (κ1) is 24.6. The van der Waals surface area contributed by atoms with E-state index in [0.29, 0.717) is 27.9 Å². The lowest BCUT2D eigenvalue weighted by atomic mass is 10.0. The van der Waals surface area contributed by atoms with Crippen LogP contribution in [0.4, 0.5) is 0 Å². The highest BCUT2D eigenvalue weighted by Gasteiger charge is 2.25. The van der Waals surface area contributed by atoms with E-state index in [0.717, 1.165) is 11.1 Å². The van der Waals surface area contributed by atoms with E-state index in [1.807, 2.05) is 56.6 Å². The fraction of sp³-hybridized carbons (Fsp3) is 0.269. The molecule has 0 radical (unpaired) electrons. The molecule has 1 atom stereocenters. The smallest absolute Gasteiger partial charge is 0.254 e. The Labute approximate surface area is 205 Å². The molecule has 2 aromatic carbocycles. The molecule has 0 aliphatic rings. The third-order valence-corrected chi connectivity index (χ3v) is 7.11. The van der Waals surface area contributed by atoms with Gasteiger partial charge in [-0.25, -0.2) is 23.2 Å². The highest BCUT2D eigenvalue weighted by molar-refractivity contribution is 7.89. The number of carbonyl (C=O) groups is 1. The van der Waals surface area contributed by atoms with Gasteiger partial charge in [-0.2, -0.15) is 5.10 Å². The third kappa shape index (κ3) is 4.82. The largest absolute Gasteiger partial charge is 0.335 e. The predicted octanol–water partition coefficient (Wildman–Crippen LogP) is 4.47. The topological polar surface area (TPSA) is 111 Å². The molecule has 0 bridgehead atoms. The minimum atomic E-state index is -3.85. The van der Waals surface area contributed by atoms with E-state index in [4.69, 9.17) is 10.1 Å². The lowest BCUT2D eigenvalue weighted by Gasteiger charge is -2.26. The summed E-state index contributed by atoms with van der Waals surface area (Å²) in [4.78, 5) is 20.2. The molecule has 1 amide bonds. The fourth-order valence-corrected chi connectivity index (χ4v) is 4.55. The third-order valence-electron chi connectivity index (χ3n) is 6.20. The second-order valence-corrected chi connectivity index (χ2v) is 10.6. The Morgan fingerprint density at radius 2 is 1.74 bits per heavy atom. The minimum absolute atomic E-state index is 0.00821. The van der Waals surface area contributed by atoms with E-state index in [-0.39, 0.29) is 16.8 Å². The maximum atomic E-state index is 13.8. The van der Waals surface area contributed by atoms with Crippen LogP contribution in [0.2, 0.25) is 0 Å². The first-order valence-electron chi connectivity index (χ1n) is 11.3. The standard InChI is InChI=1S/C26H29N5O3S/c1-16(2)31-25-23(15-28-31)22(14-24(29-25)19-11-9-17(3)10-12-19)26(32)30(5)18(4)20-7-6-8-21(13-20)35(27,33)34/h6-16,18H,1-5H3,(H2,27,33,34). The fourth-order valence-electron chi connectivity index (χ4n) is 3.99. The number of nitrogens with two attached hydrogens (primary N) is 1. The summed E-state index contributed by atoms with van der Waals surface area (Å²) < 4.78 is 25.4. The molecular weight excluding hydrogens is 462 g/mol. The number of benzene rings is 2. The summed E-state index contributed by atoms with van der Waals surface area (Å²) in [5.41, 5.74) is 4.50. The maximum absolute atomic E-state index is 13.8. The second kappa shape index (κ2) is 9.24. The van der Waals surface area contributed by atoms with Gasteiger partial charge in [0.25, 0.3) is 5.91 Å². The molecular formula is C26H29N5O3S. The molecule has 0 saturated heterocycles. The van der Waals surface area contributed by atoms with E-state index >= 15 is 0 Å². The molecule has 9 heteroatoms. The summed E-state index contributed by atoms with van der Waals surface area (Å²) in [6, 6.07) is 15.8. The monoisotopic (exact) mass is 491 g/mol. The Balaban J connectivity index is 1.80. The lowest BCUT2D eigenvalue weighted by molar-refractivity contribution is 0.0744. The molecule has 8 nitrogen and oxygen atoms in total. The van der Waals surface area contributed by atoms with Crippen LogP contribution >= 0.6 is 0 Å². The van der Waals surface area contributed by atoms with Crippen molar-refractivity contribution < 1.29 is 13.2 Å².